The van der Waals surface area contributed by atoms with E-state index < -0.39 is 0 Å². The van der Waals surface area contributed by atoms with Crippen molar-refractivity contribution in [2.45, 2.75) is 39.0 Å². The van der Waals surface area contributed by atoms with Crippen molar-refractivity contribution in [2.75, 3.05) is 6.61 Å². The molecule has 17 heavy (non-hydrogen) atoms. The lowest BCUT2D eigenvalue weighted by molar-refractivity contribution is 0.293. The van der Waals surface area contributed by atoms with Gasteiger partial charge in [-0.2, -0.15) is 0 Å². The van der Waals surface area contributed by atoms with E-state index in [2.05, 4.69) is 11.9 Å². The highest BCUT2D eigenvalue weighted by Gasteiger charge is 1.98. The van der Waals surface area contributed by atoms with Crippen LogP contribution in [0.25, 0.3) is 0 Å². The number of unbranched alkanes of at least 4 members (excludes halogenated alkanes) is 4. The Balaban J connectivity index is 2.21. The molecular weight excluding hydrogens is 214 g/mol. The molecule has 0 amide bonds. The topological polar surface area (TPSA) is 72.0 Å². The zero-order valence-electron chi connectivity index (χ0n) is 10.4. The third-order valence-electron chi connectivity index (χ3n) is 2.55. The molecule has 0 unspecified atom stereocenters. The molecule has 0 fully saturated rings. The minimum atomic E-state index is 0.0311. The second kappa shape index (κ2) is 7.65. The maximum atomic E-state index is 7.24. The van der Waals surface area contributed by atoms with Crippen LogP contribution in [0.2, 0.25) is 0 Å². The molecule has 1 aromatic rings. The smallest absolute Gasteiger partial charge is 0.213 e. The largest absolute Gasteiger partial charge is 0.478 e. The minimum absolute atomic E-state index is 0.0311. The van der Waals surface area contributed by atoms with Gasteiger partial charge in [0.2, 0.25) is 5.88 Å². The van der Waals surface area contributed by atoms with Crippen molar-refractivity contribution in [1.82, 2.24) is 4.98 Å². The predicted molar refractivity (Wildman–Crippen MR) is 69.5 cm³/mol. The molecule has 0 aliphatic rings. The average Bonchev–Trinajstić information content (AvgIpc) is 2.34. The Morgan fingerprint density at radius 2 is 2.06 bits per heavy atom. The molecule has 1 rings (SSSR count). The number of rotatable bonds is 8. The Morgan fingerprint density at radius 1 is 1.29 bits per heavy atom. The second-order valence-corrected chi connectivity index (χ2v) is 4.06. The SMILES string of the molecule is CCCCCCCOc1ccc(C(=N)N)cn1. The van der Waals surface area contributed by atoms with Gasteiger partial charge in [-0.25, -0.2) is 4.98 Å². The average molecular weight is 235 g/mol. The van der Waals surface area contributed by atoms with Gasteiger partial charge in [0.05, 0.1) is 6.61 Å². The van der Waals surface area contributed by atoms with Gasteiger partial charge in [0.15, 0.2) is 0 Å². The minimum Gasteiger partial charge on any atom is -0.478 e. The summed E-state index contributed by atoms with van der Waals surface area (Å²) in [5.74, 6) is 0.633. The molecule has 1 heterocycles. The van der Waals surface area contributed by atoms with Gasteiger partial charge in [-0.15, -0.1) is 0 Å². The summed E-state index contributed by atoms with van der Waals surface area (Å²) in [5, 5.41) is 7.24. The molecule has 0 bridgehead atoms. The summed E-state index contributed by atoms with van der Waals surface area (Å²) >= 11 is 0. The van der Waals surface area contributed by atoms with E-state index in [0.717, 1.165) is 6.42 Å². The van der Waals surface area contributed by atoms with Gasteiger partial charge in [-0.05, 0) is 12.5 Å². The standard InChI is InChI=1S/C13H21N3O/c1-2-3-4-5-6-9-17-12-8-7-11(10-16-12)13(14)15/h7-8,10H,2-6,9H2,1H3,(H3,14,15). The van der Waals surface area contributed by atoms with Crippen LogP contribution in [0.5, 0.6) is 5.88 Å². The van der Waals surface area contributed by atoms with Crippen molar-refractivity contribution < 1.29 is 4.74 Å². The summed E-state index contributed by atoms with van der Waals surface area (Å²) in [5.41, 5.74) is 5.96. The lowest BCUT2D eigenvalue weighted by atomic mass is 10.2. The number of nitrogens with one attached hydrogen (secondary N) is 1. The Bertz CT molecular complexity index is 335. The van der Waals surface area contributed by atoms with Crippen LogP contribution in [0, 0.1) is 5.41 Å². The van der Waals surface area contributed by atoms with Gasteiger partial charge in [0.1, 0.15) is 5.84 Å². The number of pyridine rings is 1. The van der Waals surface area contributed by atoms with Crippen molar-refractivity contribution in [3.63, 3.8) is 0 Å². The fourth-order valence-electron chi connectivity index (χ4n) is 1.51. The lowest BCUT2D eigenvalue weighted by Gasteiger charge is -2.05. The molecule has 0 aromatic carbocycles. The molecule has 3 N–H and O–H groups in total. The number of nitrogens with zero attached hydrogens (tertiary/aromatic N) is 1. The maximum absolute atomic E-state index is 7.24. The van der Waals surface area contributed by atoms with E-state index in [9.17, 15) is 0 Å². The van der Waals surface area contributed by atoms with Gasteiger partial charge >= 0.3 is 0 Å². The summed E-state index contributed by atoms with van der Waals surface area (Å²) in [6, 6.07) is 3.50. The Labute approximate surface area is 103 Å². The third-order valence-corrected chi connectivity index (χ3v) is 2.55. The summed E-state index contributed by atoms with van der Waals surface area (Å²) in [6.07, 6.45) is 7.67. The van der Waals surface area contributed by atoms with Crippen molar-refractivity contribution in [3.05, 3.63) is 23.9 Å². The third kappa shape index (κ3) is 5.33. The van der Waals surface area contributed by atoms with Crippen LogP contribution in [-0.4, -0.2) is 17.4 Å². The Morgan fingerprint density at radius 3 is 2.65 bits per heavy atom. The molecule has 0 saturated heterocycles. The molecule has 0 spiro atoms. The van der Waals surface area contributed by atoms with Crippen LogP contribution in [0.4, 0.5) is 0 Å². The van der Waals surface area contributed by atoms with Gasteiger partial charge in [-0.1, -0.05) is 32.6 Å². The predicted octanol–water partition coefficient (Wildman–Crippen LogP) is 2.71. The highest BCUT2D eigenvalue weighted by atomic mass is 16.5. The first-order valence-electron chi connectivity index (χ1n) is 6.17. The first-order valence-corrected chi connectivity index (χ1v) is 6.17. The van der Waals surface area contributed by atoms with Gasteiger partial charge < -0.3 is 10.5 Å². The monoisotopic (exact) mass is 235 g/mol. The van der Waals surface area contributed by atoms with E-state index in [1.54, 1.807) is 18.3 Å². The van der Waals surface area contributed by atoms with E-state index >= 15 is 0 Å². The number of nitrogen functional groups attached to an aromatic ring is 1. The van der Waals surface area contributed by atoms with Gasteiger partial charge in [-0.3, -0.25) is 5.41 Å². The number of nitrogens with two attached hydrogens (primary N) is 1. The highest BCUT2D eigenvalue weighted by molar-refractivity contribution is 5.94. The Hall–Kier alpha value is -1.58. The molecule has 0 aliphatic heterocycles. The number of amidine groups is 1. The van der Waals surface area contributed by atoms with E-state index in [0.29, 0.717) is 18.1 Å². The normalized spacial score (nSPS) is 10.2. The molecule has 4 nitrogen and oxygen atoms in total. The van der Waals surface area contributed by atoms with Crippen LogP contribution < -0.4 is 10.5 Å². The fraction of sp³-hybridized carbons (Fsp3) is 0.538. The molecular formula is C13H21N3O. The molecule has 0 atom stereocenters. The first-order chi connectivity index (χ1) is 8.24. The molecule has 94 valence electrons. The van der Waals surface area contributed by atoms with Gasteiger partial charge in [0.25, 0.3) is 0 Å². The van der Waals surface area contributed by atoms with Crippen molar-refractivity contribution in [3.8, 4) is 5.88 Å². The molecule has 0 saturated carbocycles. The van der Waals surface area contributed by atoms with Crippen LogP contribution in [0.1, 0.15) is 44.6 Å². The summed E-state index contributed by atoms with van der Waals surface area (Å²) in [6.45, 7) is 2.91. The zero-order chi connectivity index (χ0) is 12.5. The van der Waals surface area contributed by atoms with E-state index in [4.69, 9.17) is 15.9 Å². The molecule has 4 heteroatoms. The van der Waals surface area contributed by atoms with Crippen molar-refractivity contribution in [1.29, 1.82) is 5.41 Å². The number of ether oxygens (including phenoxy) is 1. The Kier molecular flexibility index (Phi) is 6.07. The fourth-order valence-corrected chi connectivity index (χ4v) is 1.51. The van der Waals surface area contributed by atoms with Crippen molar-refractivity contribution >= 4 is 5.84 Å². The van der Waals surface area contributed by atoms with E-state index in [1.807, 2.05) is 0 Å². The first kappa shape index (κ1) is 13.5. The second-order valence-electron chi connectivity index (χ2n) is 4.06. The summed E-state index contributed by atoms with van der Waals surface area (Å²) in [7, 11) is 0. The van der Waals surface area contributed by atoms with Crippen molar-refractivity contribution in [2.24, 2.45) is 5.73 Å². The molecule has 1 aromatic heterocycles. The maximum Gasteiger partial charge on any atom is 0.213 e. The summed E-state index contributed by atoms with van der Waals surface area (Å²) < 4.78 is 5.50. The highest BCUT2D eigenvalue weighted by Crippen LogP contribution is 2.09. The summed E-state index contributed by atoms with van der Waals surface area (Å²) in [4.78, 5) is 4.09. The number of aromatic nitrogens is 1. The van der Waals surface area contributed by atoms with Crippen LogP contribution in [-0.2, 0) is 0 Å². The van der Waals surface area contributed by atoms with Crippen LogP contribution in [0.15, 0.2) is 18.3 Å². The van der Waals surface area contributed by atoms with Crippen LogP contribution in [0.3, 0.4) is 0 Å². The van der Waals surface area contributed by atoms with E-state index in [1.165, 1.54) is 25.7 Å². The number of hydrogen-bond acceptors (Lipinski definition) is 3. The van der Waals surface area contributed by atoms with Gasteiger partial charge in [0, 0.05) is 17.8 Å². The quantitative estimate of drug-likeness (QED) is 0.413. The van der Waals surface area contributed by atoms with Crippen LogP contribution >= 0.6 is 0 Å². The molecule has 0 aliphatic carbocycles. The van der Waals surface area contributed by atoms with E-state index in [-0.39, 0.29) is 5.84 Å². The molecule has 0 radical (unpaired) electrons. The zero-order valence-corrected chi connectivity index (χ0v) is 10.4. The number of hydrogen-bond donors (Lipinski definition) is 2. The lowest BCUT2D eigenvalue weighted by Crippen LogP contribution is -2.11.